The standard InChI is InChI=1S/C19H31NO/c1-15(2)20-13-19(10-11-21-14-19)12-16-6-8-17(9-7-16)18(3,4)5/h6-9,15,20H,10-14H2,1-5H3. The Morgan fingerprint density at radius 2 is 1.86 bits per heavy atom. The Kier molecular flexibility index (Phi) is 5.11. The van der Waals surface area contributed by atoms with Gasteiger partial charge in [0.15, 0.2) is 0 Å². The summed E-state index contributed by atoms with van der Waals surface area (Å²) in [5, 5.41) is 3.60. The fraction of sp³-hybridized carbons (Fsp3) is 0.684. The summed E-state index contributed by atoms with van der Waals surface area (Å²) in [7, 11) is 0. The van der Waals surface area contributed by atoms with Gasteiger partial charge in [-0.3, -0.25) is 0 Å². The molecule has 1 fully saturated rings. The van der Waals surface area contributed by atoms with Crippen LogP contribution in [0.25, 0.3) is 0 Å². The van der Waals surface area contributed by atoms with Crippen molar-refractivity contribution in [3.05, 3.63) is 35.4 Å². The van der Waals surface area contributed by atoms with Crippen LogP contribution in [-0.2, 0) is 16.6 Å². The van der Waals surface area contributed by atoms with Crippen molar-refractivity contribution in [1.29, 1.82) is 0 Å². The lowest BCUT2D eigenvalue weighted by Crippen LogP contribution is -2.39. The van der Waals surface area contributed by atoms with Crippen molar-refractivity contribution in [2.75, 3.05) is 19.8 Å². The first-order valence-electron chi connectivity index (χ1n) is 8.21. The number of hydrogen-bond donors (Lipinski definition) is 1. The van der Waals surface area contributed by atoms with E-state index in [2.05, 4.69) is 64.2 Å². The van der Waals surface area contributed by atoms with Crippen LogP contribution >= 0.6 is 0 Å². The molecule has 1 aromatic carbocycles. The minimum atomic E-state index is 0.228. The van der Waals surface area contributed by atoms with E-state index in [1.165, 1.54) is 11.1 Å². The molecule has 1 aliphatic heterocycles. The van der Waals surface area contributed by atoms with E-state index in [0.717, 1.165) is 32.6 Å². The maximum Gasteiger partial charge on any atom is 0.0538 e. The summed E-state index contributed by atoms with van der Waals surface area (Å²) in [5.41, 5.74) is 3.33. The fourth-order valence-corrected chi connectivity index (χ4v) is 2.97. The molecular weight excluding hydrogens is 258 g/mol. The van der Waals surface area contributed by atoms with Crippen LogP contribution in [0.2, 0.25) is 0 Å². The molecule has 1 saturated heterocycles. The van der Waals surface area contributed by atoms with E-state index in [1.54, 1.807) is 0 Å². The van der Waals surface area contributed by atoms with Crippen LogP contribution in [0.1, 0.15) is 52.2 Å². The smallest absolute Gasteiger partial charge is 0.0538 e. The van der Waals surface area contributed by atoms with Crippen LogP contribution in [0, 0.1) is 5.41 Å². The van der Waals surface area contributed by atoms with Crippen LogP contribution in [0.5, 0.6) is 0 Å². The van der Waals surface area contributed by atoms with Crippen LogP contribution in [0.4, 0.5) is 0 Å². The van der Waals surface area contributed by atoms with Crippen molar-refractivity contribution in [1.82, 2.24) is 5.32 Å². The van der Waals surface area contributed by atoms with Gasteiger partial charge in [0.05, 0.1) is 6.61 Å². The predicted molar refractivity (Wildman–Crippen MR) is 89.9 cm³/mol. The zero-order valence-electron chi connectivity index (χ0n) is 14.3. The highest BCUT2D eigenvalue weighted by molar-refractivity contribution is 5.28. The average molecular weight is 289 g/mol. The fourth-order valence-electron chi connectivity index (χ4n) is 2.97. The van der Waals surface area contributed by atoms with E-state index in [1.807, 2.05) is 0 Å². The minimum Gasteiger partial charge on any atom is -0.381 e. The molecule has 2 rings (SSSR count). The molecule has 1 unspecified atom stereocenters. The monoisotopic (exact) mass is 289 g/mol. The summed E-state index contributed by atoms with van der Waals surface area (Å²) in [6, 6.07) is 9.71. The van der Waals surface area contributed by atoms with Gasteiger partial charge in [0, 0.05) is 24.6 Å². The molecular formula is C19H31NO. The van der Waals surface area contributed by atoms with E-state index >= 15 is 0 Å². The summed E-state index contributed by atoms with van der Waals surface area (Å²) in [6.07, 6.45) is 2.27. The van der Waals surface area contributed by atoms with Gasteiger partial charge in [0.25, 0.3) is 0 Å². The second-order valence-corrected chi connectivity index (χ2v) is 7.96. The van der Waals surface area contributed by atoms with Gasteiger partial charge in [-0.05, 0) is 29.4 Å². The molecule has 1 aromatic rings. The van der Waals surface area contributed by atoms with Gasteiger partial charge in [-0.15, -0.1) is 0 Å². The summed E-state index contributed by atoms with van der Waals surface area (Å²) >= 11 is 0. The molecule has 0 saturated carbocycles. The lowest BCUT2D eigenvalue weighted by atomic mass is 9.79. The maximum absolute atomic E-state index is 5.70. The lowest BCUT2D eigenvalue weighted by molar-refractivity contribution is 0.148. The molecule has 0 spiro atoms. The average Bonchev–Trinajstić information content (AvgIpc) is 2.85. The highest BCUT2D eigenvalue weighted by Crippen LogP contribution is 2.33. The molecule has 2 nitrogen and oxygen atoms in total. The predicted octanol–water partition coefficient (Wildman–Crippen LogP) is 3.93. The Bertz CT molecular complexity index is 436. The normalized spacial score (nSPS) is 23.0. The largest absolute Gasteiger partial charge is 0.381 e. The molecule has 1 atom stereocenters. The lowest BCUT2D eigenvalue weighted by Gasteiger charge is -2.29. The van der Waals surface area contributed by atoms with E-state index in [4.69, 9.17) is 4.74 Å². The van der Waals surface area contributed by atoms with Crippen molar-refractivity contribution in [3.63, 3.8) is 0 Å². The first kappa shape index (κ1) is 16.5. The van der Waals surface area contributed by atoms with Gasteiger partial charge >= 0.3 is 0 Å². The topological polar surface area (TPSA) is 21.3 Å². The molecule has 1 heterocycles. The number of ether oxygens (including phenoxy) is 1. The van der Waals surface area contributed by atoms with Crippen LogP contribution in [0.3, 0.4) is 0 Å². The van der Waals surface area contributed by atoms with E-state index in [9.17, 15) is 0 Å². The van der Waals surface area contributed by atoms with Crippen molar-refractivity contribution >= 4 is 0 Å². The number of hydrogen-bond acceptors (Lipinski definition) is 2. The molecule has 1 aliphatic rings. The van der Waals surface area contributed by atoms with Gasteiger partial charge in [-0.2, -0.15) is 0 Å². The van der Waals surface area contributed by atoms with Gasteiger partial charge in [-0.1, -0.05) is 58.9 Å². The summed E-state index contributed by atoms with van der Waals surface area (Å²) in [6.45, 7) is 14.0. The van der Waals surface area contributed by atoms with E-state index in [0.29, 0.717) is 6.04 Å². The molecule has 0 bridgehead atoms. The summed E-state index contributed by atoms with van der Waals surface area (Å²) in [4.78, 5) is 0. The molecule has 1 N–H and O–H groups in total. The summed E-state index contributed by atoms with van der Waals surface area (Å²) < 4.78 is 5.70. The molecule has 0 radical (unpaired) electrons. The third kappa shape index (κ3) is 4.55. The Morgan fingerprint density at radius 3 is 2.33 bits per heavy atom. The molecule has 0 aliphatic carbocycles. The molecule has 118 valence electrons. The Morgan fingerprint density at radius 1 is 1.19 bits per heavy atom. The second-order valence-electron chi connectivity index (χ2n) is 7.96. The third-order valence-electron chi connectivity index (χ3n) is 4.47. The van der Waals surface area contributed by atoms with Crippen molar-refractivity contribution in [2.45, 2.75) is 58.9 Å². The van der Waals surface area contributed by atoms with Gasteiger partial charge < -0.3 is 10.1 Å². The van der Waals surface area contributed by atoms with Gasteiger partial charge in [-0.25, -0.2) is 0 Å². The first-order valence-corrected chi connectivity index (χ1v) is 8.21. The molecule has 2 heteroatoms. The number of benzene rings is 1. The highest BCUT2D eigenvalue weighted by atomic mass is 16.5. The second kappa shape index (κ2) is 6.50. The zero-order chi connectivity index (χ0) is 15.5. The SMILES string of the molecule is CC(C)NCC1(Cc2ccc(C(C)(C)C)cc2)CCOC1. The van der Waals surface area contributed by atoms with Crippen molar-refractivity contribution in [2.24, 2.45) is 5.41 Å². The summed E-state index contributed by atoms with van der Waals surface area (Å²) in [5.74, 6) is 0. The van der Waals surface area contributed by atoms with Crippen LogP contribution in [-0.4, -0.2) is 25.8 Å². The minimum absolute atomic E-state index is 0.228. The number of nitrogens with one attached hydrogen (secondary N) is 1. The highest BCUT2D eigenvalue weighted by Gasteiger charge is 2.35. The van der Waals surface area contributed by atoms with E-state index < -0.39 is 0 Å². The van der Waals surface area contributed by atoms with Gasteiger partial charge in [0.2, 0.25) is 0 Å². The maximum atomic E-state index is 5.70. The first-order chi connectivity index (χ1) is 9.81. The van der Waals surface area contributed by atoms with Crippen LogP contribution in [0.15, 0.2) is 24.3 Å². The third-order valence-corrected chi connectivity index (χ3v) is 4.47. The molecule has 21 heavy (non-hydrogen) atoms. The van der Waals surface area contributed by atoms with Crippen LogP contribution < -0.4 is 5.32 Å². The van der Waals surface area contributed by atoms with Crippen molar-refractivity contribution in [3.8, 4) is 0 Å². The Labute approximate surface area is 130 Å². The number of rotatable bonds is 5. The zero-order valence-corrected chi connectivity index (χ0v) is 14.3. The molecule has 0 aromatic heterocycles. The Balaban J connectivity index is 2.07. The van der Waals surface area contributed by atoms with Crippen molar-refractivity contribution < 1.29 is 4.74 Å². The Hall–Kier alpha value is -0.860. The van der Waals surface area contributed by atoms with E-state index in [-0.39, 0.29) is 10.8 Å². The quantitative estimate of drug-likeness (QED) is 0.886. The molecule has 0 amide bonds. The van der Waals surface area contributed by atoms with Gasteiger partial charge in [0.1, 0.15) is 0 Å².